The van der Waals surface area contributed by atoms with Crippen LogP contribution in [-0.2, 0) is 11.3 Å². The lowest BCUT2D eigenvalue weighted by Crippen LogP contribution is -2.35. The summed E-state index contributed by atoms with van der Waals surface area (Å²) in [5.74, 6) is -1.18. The second-order valence-corrected chi connectivity index (χ2v) is 3.90. The summed E-state index contributed by atoms with van der Waals surface area (Å²) in [6, 6.07) is 6.26. The quantitative estimate of drug-likeness (QED) is 0.781. The molecule has 1 atom stereocenters. The fraction of sp³-hybridized carbons (Fsp3) is 0.273. The van der Waals surface area contributed by atoms with Gasteiger partial charge in [0.15, 0.2) is 0 Å². The molecule has 1 amide bonds. The summed E-state index contributed by atoms with van der Waals surface area (Å²) in [7, 11) is 0. The van der Waals surface area contributed by atoms with Crippen LogP contribution in [0.15, 0.2) is 24.3 Å². The summed E-state index contributed by atoms with van der Waals surface area (Å²) in [6.07, 6.45) is 0. The molecule has 0 radical (unpaired) electrons. The lowest BCUT2D eigenvalue weighted by atomic mass is 10.1. The predicted molar refractivity (Wildman–Crippen MR) is 64.2 cm³/mol. The average Bonchev–Trinajstić information content (AvgIpc) is 2.26. The van der Waals surface area contributed by atoms with Gasteiger partial charge in [-0.2, -0.15) is 0 Å². The Labute approximate surface area is 98.8 Å². The molecule has 1 rings (SSSR count). The molecule has 1 aromatic rings. The van der Waals surface area contributed by atoms with E-state index in [0.717, 1.165) is 0 Å². The van der Waals surface area contributed by atoms with Gasteiger partial charge in [-0.05, 0) is 13.0 Å². The van der Waals surface area contributed by atoms with E-state index in [-0.39, 0.29) is 23.3 Å². The number of carbonyl (C=O) groups excluding carboxylic acids is 1. The largest absolute Gasteiger partial charge is 0.393 e. The van der Waals surface area contributed by atoms with E-state index >= 15 is 0 Å². The van der Waals surface area contributed by atoms with Crippen LogP contribution in [0.5, 0.6) is 0 Å². The summed E-state index contributed by atoms with van der Waals surface area (Å²) < 4.78 is 13.2. The summed E-state index contributed by atoms with van der Waals surface area (Å²) in [5, 5.41) is 2.57. The summed E-state index contributed by atoms with van der Waals surface area (Å²) in [4.78, 5) is 11.6. The number of nitrogens with one attached hydrogen (secondary N) is 1. The Hall–Kier alpha value is -1.49. The number of amides is 1. The molecule has 0 aromatic heterocycles. The smallest absolute Gasteiger partial charge is 0.229 e. The van der Waals surface area contributed by atoms with E-state index in [1.807, 2.05) is 0 Å². The molecule has 0 fully saturated rings. The highest BCUT2D eigenvalue weighted by molar-refractivity contribution is 7.80. The molecular formula is C11H13FN2OS. The third-order valence-corrected chi connectivity index (χ3v) is 2.58. The minimum atomic E-state index is -0.540. The lowest BCUT2D eigenvalue weighted by molar-refractivity contribution is -0.122. The van der Waals surface area contributed by atoms with Crippen LogP contribution in [0.25, 0.3) is 0 Å². The van der Waals surface area contributed by atoms with Gasteiger partial charge in [-0.3, -0.25) is 4.79 Å². The number of thiocarbonyl (C=S) groups is 1. The lowest BCUT2D eigenvalue weighted by Gasteiger charge is -2.10. The zero-order chi connectivity index (χ0) is 12.1. The maximum Gasteiger partial charge on any atom is 0.229 e. The van der Waals surface area contributed by atoms with Crippen molar-refractivity contribution in [3.8, 4) is 0 Å². The Morgan fingerprint density at radius 1 is 1.56 bits per heavy atom. The summed E-state index contributed by atoms with van der Waals surface area (Å²) >= 11 is 4.69. The number of carbonyl (C=O) groups is 1. The normalized spacial score (nSPS) is 11.9. The topological polar surface area (TPSA) is 55.1 Å². The molecular weight excluding hydrogens is 227 g/mol. The standard InChI is InChI=1S/C11H13FN2OS/c1-7(10(13)16)11(15)14-6-8-4-2-3-5-9(8)12/h2-5,7H,6H2,1H3,(H2,13,16)(H,14,15). The zero-order valence-corrected chi connectivity index (χ0v) is 9.68. The van der Waals surface area contributed by atoms with Crippen molar-refractivity contribution in [2.45, 2.75) is 13.5 Å². The molecule has 0 saturated heterocycles. The first-order chi connectivity index (χ1) is 7.52. The number of nitrogens with two attached hydrogens (primary N) is 1. The number of halogens is 1. The van der Waals surface area contributed by atoms with Gasteiger partial charge in [-0.1, -0.05) is 30.4 Å². The van der Waals surface area contributed by atoms with Crippen LogP contribution in [0.2, 0.25) is 0 Å². The first kappa shape index (κ1) is 12.6. The Balaban J connectivity index is 2.56. The van der Waals surface area contributed by atoms with Gasteiger partial charge in [0, 0.05) is 12.1 Å². The third-order valence-electron chi connectivity index (χ3n) is 2.23. The molecule has 1 aromatic carbocycles. The van der Waals surface area contributed by atoms with E-state index in [1.165, 1.54) is 6.07 Å². The van der Waals surface area contributed by atoms with Gasteiger partial charge in [-0.25, -0.2) is 4.39 Å². The van der Waals surface area contributed by atoms with Crippen LogP contribution in [-0.4, -0.2) is 10.9 Å². The van der Waals surface area contributed by atoms with Gasteiger partial charge in [0.05, 0.1) is 10.9 Å². The molecule has 16 heavy (non-hydrogen) atoms. The molecule has 0 aliphatic rings. The number of rotatable bonds is 4. The van der Waals surface area contributed by atoms with E-state index in [2.05, 4.69) is 5.32 Å². The van der Waals surface area contributed by atoms with Crippen LogP contribution in [0.3, 0.4) is 0 Å². The molecule has 0 bridgehead atoms. The molecule has 3 nitrogen and oxygen atoms in total. The highest BCUT2D eigenvalue weighted by Gasteiger charge is 2.15. The van der Waals surface area contributed by atoms with Crippen LogP contribution >= 0.6 is 12.2 Å². The van der Waals surface area contributed by atoms with Gasteiger partial charge in [0.1, 0.15) is 5.82 Å². The van der Waals surface area contributed by atoms with Crippen molar-refractivity contribution in [2.24, 2.45) is 11.7 Å². The first-order valence-electron chi connectivity index (χ1n) is 4.83. The van der Waals surface area contributed by atoms with E-state index in [1.54, 1.807) is 25.1 Å². The maximum absolute atomic E-state index is 13.2. The molecule has 5 heteroatoms. The summed E-state index contributed by atoms with van der Waals surface area (Å²) in [5.41, 5.74) is 5.77. The second-order valence-electron chi connectivity index (χ2n) is 3.43. The fourth-order valence-corrected chi connectivity index (χ4v) is 1.21. The molecule has 0 spiro atoms. The first-order valence-corrected chi connectivity index (χ1v) is 5.23. The zero-order valence-electron chi connectivity index (χ0n) is 8.87. The van der Waals surface area contributed by atoms with Crippen LogP contribution in [0, 0.1) is 11.7 Å². The van der Waals surface area contributed by atoms with Crippen LogP contribution < -0.4 is 11.1 Å². The SMILES string of the molecule is CC(C(=O)NCc1ccccc1F)C(N)=S. The Kier molecular flexibility index (Phi) is 4.37. The van der Waals surface area contributed by atoms with Crippen molar-refractivity contribution < 1.29 is 9.18 Å². The van der Waals surface area contributed by atoms with Crippen molar-refractivity contribution in [1.29, 1.82) is 0 Å². The van der Waals surface area contributed by atoms with Crippen molar-refractivity contribution in [2.75, 3.05) is 0 Å². The minimum Gasteiger partial charge on any atom is -0.393 e. The fourth-order valence-electron chi connectivity index (χ4n) is 1.11. The van der Waals surface area contributed by atoms with Gasteiger partial charge >= 0.3 is 0 Å². The molecule has 0 aliphatic heterocycles. The number of hydrogen-bond acceptors (Lipinski definition) is 2. The van der Waals surface area contributed by atoms with Gasteiger partial charge in [-0.15, -0.1) is 0 Å². The van der Waals surface area contributed by atoms with Crippen LogP contribution in [0.4, 0.5) is 4.39 Å². The third kappa shape index (κ3) is 3.27. The average molecular weight is 240 g/mol. The highest BCUT2D eigenvalue weighted by Crippen LogP contribution is 2.06. The van der Waals surface area contributed by atoms with Gasteiger partial charge < -0.3 is 11.1 Å². The number of hydrogen-bond donors (Lipinski definition) is 2. The molecule has 0 heterocycles. The Morgan fingerprint density at radius 2 is 2.19 bits per heavy atom. The van der Waals surface area contributed by atoms with E-state index < -0.39 is 5.92 Å². The van der Waals surface area contributed by atoms with Crippen molar-refractivity contribution in [3.63, 3.8) is 0 Å². The summed E-state index contributed by atoms with van der Waals surface area (Å²) in [6.45, 7) is 1.75. The second kappa shape index (κ2) is 5.55. The van der Waals surface area contributed by atoms with Gasteiger partial charge in [0.25, 0.3) is 0 Å². The maximum atomic E-state index is 13.2. The molecule has 3 N–H and O–H groups in total. The molecule has 1 unspecified atom stereocenters. The Morgan fingerprint density at radius 3 is 2.75 bits per heavy atom. The molecule has 86 valence electrons. The Bertz CT molecular complexity index is 409. The highest BCUT2D eigenvalue weighted by atomic mass is 32.1. The molecule has 0 saturated carbocycles. The predicted octanol–water partition coefficient (Wildman–Crippen LogP) is 1.36. The van der Waals surface area contributed by atoms with Crippen molar-refractivity contribution in [3.05, 3.63) is 35.6 Å². The van der Waals surface area contributed by atoms with E-state index in [0.29, 0.717) is 5.56 Å². The minimum absolute atomic E-state index is 0.131. The van der Waals surface area contributed by atoms with E-state index in [4.69, 9.17) is 18.0 Å². The molecule has 0 aliphatic carbocycles. The van der Waals surface area contributed by atoms with Crippen molar-refractivity contribution in [1.82, 2.24) is 5.32 Å². The van der Waals surface area contributed by atoms with Crippen molar-refractivity contribution >= 4 is 23.1 Å². The van der Waals surface area contributed by atoms with Gasteiger partial charge in [0.2, 0.25) is 5.91 Å². The van der Waals surface area contributed by atoms with E-state index in [9.17, 15) is 9.18 Å². The number of benzene rings is 1. The monoisotopic (exact) mass is 240 g/mol. The van der Waals surface area contributed by atoms with Crippen LogP contribution in [0.1, 0.15) is 12.5 Å².